The van der Waals surface area contributed by atoms with E-state index >= 15 is 0 Å². The van der Waals surface area contributed by atoms with E-state index < -0.39 is 0 Å². The van der Waals surface area contributed by atoms with Gasteiger partial charge in [-0.1, -0.05) is 0 Å². The van der Waals surface area contributed by atoms with Gasteiger partial charge < -0.3 is 9.32 Å². The Bertz CT molecular complexity index is 322. The second kappa shape index (κ2) is 4.51. The third-order valence-electron chi connectivity index (χ3n) is 2.18. The molecule has 78 valence electrons. The quantitative estimate of drug-likeness (QED) is 0.725. The van der Waals surface area contributed by atoms with Crippen molar-refractivity contribution in [1.29, 1.82) is 0 Å². The fraction of sp³-hybridized carbons (Fsp3) is 0.500. The number of carbonyl (C=O) groups excluding carboxylic acids is 1. The monoisotopic (exact) mass is 215 g/mol. The molecule has 0 bridgehead atoms. The van der Waals surface area contributed by atoms with Crippen molar-refractivity contribution in [3.8, 4) is 0 Å². The van der Waals surface area contributed by atoms with E-state index in [2.05, 4.69) is 0 Å². The van der Waals surface area contributed by atoms with Crippen LogP contribution < -0.4 is 0 Å². The van der Waals surface area contributed by atoms with Crippen LogP contribution in [0.2, 0.25) is 0 Å². The second-order valence-corrected chi connectivity index (χ2v) is 3.67. The summed E-state index contributed by atoms with van der Waals surface area (Å²) in [5.74, 6) is 1.11. The number of halogens is 1. The zero-order valence-corrected chi connectivity index (χ0v) is 9.34. The first-order chi connectivity index (χ1) is 6.56. The van der Waals surface area contributed by atoms with Crippen LogP contribution in [0.4, 0.5) is 0 Å². The summed E-state index contributed by atoms with van der Waals surface area (Å²) in [5, 5.41) is 0. The number of amides is 1. The van der Waals surface area contributed by atoms with Crippen molar-refractivity contribution < 1.29 is 9.21 Å². The Balaban J connectivity index is 2.75. The summed E-state index contributed by atoms with van der Waals surface area (Å²) in [6.45, 7) is 3.71. The van der Waals surface area contributed by atoms with E-state index in [9.17, 15) is 4.79 Å². The minimum absolute atomic E-state index is 0.0272. The van der Waals surface area contributed by atoms with E-state index in [1.54, 1.807) is 18.0 Å². The van der Waals surface area contributed by atoms with E-state index in [4.69, 9.17) is 16.0 Å². The molecule has 1 amide bonds. The van der Waals surface area contributed by atoms with Crippen LogP contribution in [0.15, 0.2) is 16.7 Å². The highest BCUT2D eigenvalue weighted by Crippen LogP contribution is 2.11. The smallest absolute Gasteiger partial charge is 0.257 e. The number of hydrogen-bond donors (Lipinski definition) is 0. The van der Waals surface area contributed by atoms with Crippen molar-refractivity contribution >= 4 is 17.5 Å². The summed E-state index contributed by atoms with van der Waals surface area (Å²) < 4.78 is 5.07. The molecule has 0 spiro atoms. The molecule has 1 rings (SSSR count). The molecule has 1 heterocycles. The molecule has 1 unspecified atom stereocenters. The van der Waals surface area contributed by atoms with Crippen LogP contribution in [0.5, 0.6) is 0 Å². The van der Waals surface area contributed by atoms with Gasteiger partial charge >= 0.3 is 0 Å². The lowest BCUT2D eigenvalue weighted by Crippen LogP contribution is -2.35. The average molecular weight is 216 g/mol. The summed E-state index contributed by atoms with van der Waals surface area (Å²) >= 11 is 5.67. The predicted molar refractivity (Wildman–Crippen MR) is 55.7 cm³/mol. The molecule has 1 atom stereocenters. The third-order valence-corrected chi connectivity index (χ3v) is 2.63. The number of carbonyl (C=O) groups is 1. The summed E-state index contributed by atoms with van der Waals surface area (Å²) in [5.41, 5.74) is 0.571. The van der Waals surface area contributed by atoms with Crippen molar-refractivity contribution in [1.82, 2.24) is 4.90 Å². The highest BCUT2D eigenvalue weighted by Gasteiger charge is 2.17. The molecule has 0 saturated carbocycles. The maximum Gasteiger partial charge on any atom is 0.257 e. The van der Waals surface area contributed by atoms with Crippen LogP contribution in [0.25, 0.3) is 0 Å². The molecule has 0 aliphatic rings. The first-order valence-electron chi connectivity index (χ1n) is 4.44. The molecule has 3 nitrogen and oxygen atoms in total. The Labute approximate surface area is 88.6 Å². The Hall–Kier alpha value is -0.960. The van der Waals surface area contributed by atoms with Crippen LogP contribution in [-0.4, -0.2) is 29.8 Å². The molecular weight excluding hydrogens is 202 g/mol. The summed E-state index contributed by atoms with van der Waals surface area (Å²) in [6, 6.07) is 1.75. The van der Waals surface area contributed by atoms with E-state index in [1.165, 1.54) is 6.26 Å². The molecule has 14 heavy (non-hydrogen) atoms. The molecule has 0 aromatic carbocycles. The average Bonchev–Trinajstić information content (AvgIpc) is 2.61. The van der Waals surface area contributed by atoms with E-state index in [-0.39, 0.29) is 11.9 Å². The van der Waals surface area contributed by atoms with Gasteiger partial charge in [0, 0.05) is 19.0 Å². The SMILES string of the molecule is Cc1cc(C(=O)N(C)C(C)CCl)co1. The Kier molecular flexibility index (Phi) is 3.58. The van der Waals surface area contributed by atoms with Crippen LogP contribution in [0.3, 0.4) is 0 Å². The van der Waals surface area contributed by atoms with Gasteiger partial charge in [0.15, 0.2) is 0 Å². The largest absolute Gasteiger partial charge is 0.469 e. The Morgan fingerprint density at radius 1 is 1.71 bits per heavy atom. The standard InChI is InChI=1S/C10H14ClNO2/c1-7(5-11)12(3)10(13)9-4-8(2)14-6-9/h4,6-7H,5H2,1-3H3. The Morgan fingerprint density at radius 2 is 2.36 bits per heavy atom. The van der Waals surface area contributed by atoms with Gasteiger partial charge in [-0.25, -0.2) is 0 Å². The van der Waals surface area contributed by atoms with Crippen LogP contribution in [0, 0.1) is 6.92 Å². The molecule has 1 aromatic heterocycles. The number of aryl methyl sites for hydroxylation is 1. The zero-order valence-electron chi connectivity index (χ0n) is 8.58. The van der Waals surface area contributed by atoms with E-state index in [0.29, 0.717) is 11.4 Å². The molecule has 0 saturated heterocycles. The first kappa shape index (κ1) is 11.1. The molecule has 0 fully saturated rings. The van der Waals surface area contributed by atoms with Crippen molar-refractivity contribution in [2.45, 2.75) is 19.9 Å². The molecule has 0 N–H and O–H groups in total. The number of nitrogens with zero attached hydrogens (tertiary/aromatic N) is 1. The number of alkyl halides is 1. The minimum Gasteiger partial charge on any atom is -0.469 e. The number of rotatable bonds is 3. The Morgan fingerprint density at radius 3 is 2.79 bits per heavy atom. The zero-order chi connectivity index (χ0) is 10.7. The summed E-state index contributed by atoms with van der Waals surface area (Å²) in [4.78, 5) is 13.4. The maximum absolute atomic E-state index is 11.8. The lowest BCUT2D eigenvalue weighted by atomic mass is 10.2. The molecular formula is C10H14ClNO2. The molecule has 0 aliphatic heterocycles. The lowest BCUT2D eigenvalue weighted by Gasteiger charge is -2.22. The van der Waals surface area contributed by atoms with Crippen molar-refractivity contribution in [2.24, 2.45) is 0 Å². The van der Waals surface area contributed by atoms with Gasteiger partial charge in [-0.3, -0.25) is 4.79 Å². The predicted octanol–water partition coefficient (Wildman–Crippen LogP) is 2.29. The van der Waals surface area contributed by atoms with E-state index in [0.717, 1.165) is 5.76 Å². The first-order valence-corrected chi connectivity index (χ1v) is 4.98. The summed E-state index contributed by atoms with van der Waals surface area (Å²) in [6.07, 6.45) is 1.47. The van der Waals surface area contributed by atoms with Crippen molar-refractivity contribution in [2.75, 3.05) is 12.9 Å². The van der Waals surface area contributed by atoms with Gasteiger partial charge in [-0.15, -0.1) is 11.6 Å². The van der Waals surface area contributed by atoms with Crippen molar-refractivity contribution in [3.05, 3.63) is 23.7 Å². The van der Waals surface area contributed by atoms with Gasteiger partial charge in [0.05, 0.1) is 5.56 Å². The van der Waals surface area contributed by atoms with Crippen molar-refractivity contribution in [3.63, 3.8) is 0 Å². The second-order valence-electron chi connectivity index (χ2n) is 3.37. The topological polar surface area (TPSA) is 33.5 Å². The number of hydrogen-bond acceptors (Lipinski definition) is 2. The van der Waals surface area contributed by atoms with Crippen LogP contribution >= 0.6 is 11.6 Å². The van der Waals surface area contributed by atoms with Gasteiger partial charge in [-0.2, -0.15) is 0 Å². The fourth-order valence-corrected chi connectivity index (χ4v) is 1.27. The lowest BCUT2D eigenvalue weighted by molar-refractivity contribution is 0.0756. The number of furan rings is 1. The molecule has 1 aromatic rings. The highest BCUT2D eigenvalue weighted by molar-refractivity contribution is 6.18. The highest BCUT2D eigenvalue weighted by atomic mass is 35.5. The fourth-order valence-electron chi connectivity index (χ4n) is 1.06. The van der Waals surface area contributed by atoms with Gasteiger partial charge in [-0.05, 0) is 19.9 Å². The normalized spacial score (nSPS) is 12.6. The molecule has 0 aliphatic carbocycles. The van der Waals surface area contributed by atoms with Gasteiger partial charge in [0.2, 0.25) is 0 Å². The van der Waals surface area contributed by atoms with Gasteiger partial charge in [0.1, 0.15) is 12.0 Å². The van der Waals surface area contributed by atoms with Crippen LogP contribution in [-0.2, 0) is 0 Å². The maximum atomic E-state index is 11.8. The van der Waals surface area contributed by atoms with Crippen LogP contribution in [0.1, 0.15) is 23.0 Å². The summed E-state index contributed by atoms with van der Waals surface area (Å²) in [7, 11) is 1.73. The molecule has 0 radical (unpaired) electrons. The minimum atomic E-state index is -0.0602. The van der Waals surface area contributed by atoms with E-state index in [1.807, 2.05) is 13.8 Å². The third kappa shape index (κ3) is 2.29. The molecule has 4 heteroatoms. The van der Waals surface area contributed by atoms with Gasteiger partial charge in [0.25, 0.3) is 5.91 Å².